The zero-order valence-corrected chi connectivity index (χ0v) is 28.2. The Balaban J connectivity index is 0. The van der Waals surface area contributed by atoms with Crippen LogP contribution in [0, 0.1) is 11.8 Å². The molecule has 0 aliphatic rings. The van der Waals surface area contributed by atoms with Crippen LogP contribution >= 0.6 is 0 Å². The molecule has 0 aliphatic heterocycles. The molecule has 0 fully saturated rings. The first-order valence-electron chi connectivity index (χ1n) is 13.2. The molecule has 2 aromatic carbocycles. The van der Waals surface area contributed by atoms with E-state index in [1.165, 1.54) is 26.0 Å². The fraction of sp³-hybridized carbons (Fsp3) is 0.467. The Kier molecular flexibility index (Phi) is 17.3. The summed E-state index contributed by atoms with van der Waals surface area (Å²) in [5.74, 6) is -7.63. The monoisotopic (exact) mass is 676 g/mol. The minimum Gasteiger partial charge on any atom is -0.870 e. The van der Waals surface area contributed by atoms with Gasteiger partial charge in [-0.15, -0.1) is 0 Å². The van der Waals surface area contributed by atoms with Crippen LogP contribution in [0.3, 0.4) is 0 Å². The van der Waals surface area contributed by atoms with Gasteiger partial charge in [0.05, 0.1) is 24.3 Å². The average molecular weight is 677 g/mol. The largest absolute Gasteiger partial charge is 1.00 e. The molecule has 2 aromatic rings. The molecular weight excluding hydrogens is 641 g/mol. The molecule has 0 atom stereocenters. The van der Waals surface area contributed by atoms with Crippen molar-refractivity contribution in [3.8, 4) is 0 Å². The van der Waals surface area contributed by atoms with Crippen molar-refractivity contribution in [1.29, 1.82) is 0 Å². The molecule has 3 N–H and O–H groups in total. The van der Waals surface area contributed by atoms with Gasteiger partial charge in [0.2, 0.25) is 0 Å². The average Bonchev–Trinajstić information content (AvgIpc) is 2.88. The number of carboxylic acids is 2. The molecule has 0 aromatic heterocycles. The molecule has 2 rings (SSSR count). The number of ether oxygens (including phenoxy) is 2. The van der Waals surface area contributed by atoms with E-state index in [4.69, 9.17) is 19.7 Å². The number of rotatable bonds is 10. The number of carbonyl (C=O) groups is 4. The van der Waals surface area contributed by atoms with E-state index in [1.54, 1.807) is 27.7 Å². The van der Waals surface area contributed by atoms with Crippen LogP contribution in [0.15, 0.2) is 48.5 Å². The first-order chi connectivity index (χ1) is 20.0. The maximum atomic E-state index is 12.7. The number of hydrogen-bond donors (Lipinski definition) is 2. The van der Waals surface area contributed by atoms with Gasteiger partial charge in [-0.3, -0.25) is 19.2 Å². The number of hydrogen-bond acceptors (Lipinski definition) is 7. The first-order valence-corrected chi connectivity index (χ1v) is 13.2. The fourth-order valence-electron chi connectivity index (χ4n) is 4.37. The third kappa shape index (κ3) is 11.6. The minimum atomic E-state index is -4.50. The summed E-state index contributed by atoms with van der Waals surface area (Å²) in [6.07, 6.45) is -8.95. The second-order valence-corrected chi connectivity index (χ2v) is 10.6. The number of alkyl halides is 6. The second-order valence-electron chi connectivity index (χ2n) is 10.6. The van der Waals surface area contributed by atoms with Gasteiger partial charge in [0.15, 0.2) is 11.8 Å². The predicted molar refractivity (Wildman–Crippen MR) is 146 cm³/mol. The van der Waals surface area contributed by atoms with Crippen LogP contribution in [-0.2, 0) is 51.8 Å². The minimum absolute atomic E-state index is 0. The molecule has 252 valence electrons. The Morgan fingerprint density at radius 2 is 0.826 bits per heavy atom. The normalized spacial score (nSPS) is 11.8. The summed E-state index contributed by atoms with van der Waals surface area (Å²) in [4.78, 5) is 46.5. The van der Waals surface area contributed by atoms with Gasteiger partial charge < -0.3 is 25.2 Å². The third-order valence-electron chi connectivity index (χ3n) is 6.89. The Labute approximate surface area is 283 Å². The number of benzene rings is 2. The Hall–Kier alpha value is -3.14. The zero-order chi connectivity index (χ0) is 34.3. The molecule has 0 spiro atoms. The maximum absolute atomic E-state index is 12.7. The van der Waals surface area contributed by atoms with Crippen molar-refractivity contribution < 1.29 is 100 Å². The second kappa shape index (κ2) is 17.7. The molecule has 0 saturated carbocycles. The van der Waals surface area contributed by atoms with Crippen LogP contribution in [0.2, 0.25) is 0 Å². The van der Waals surface area contributed by atoms with Gasteiger partial charge in [-0.2, -0.15) is 26.3 Å². The van der Waals surface area contributed by atoms with Crippen LogP contribution in [0.4, 0.5) is 26.3 Å². The van der Waals surface area contributed by atoms with E-state index in [9.17, 15) is 45.5 Å². The molecule has 0 radical (unpaired) electrons. The van der Waals surface area contributed by atoms with Gasteiger partial charge >= 0.3 is 65.8 Å². The summed E-state index contributed by atoms with van der Waals surface area (Å²) in [5.41, 5.74) is -3.50. The van der Waals surface area contributed by atoms with Crippen molar-refractivity contribution in [3.63, 3.8) is 0 Å². The van der Waals surface area contributed by atoms with Crippen molar-refractivity contribution in [2.45, 2.75) is 64.7 Å². The Morgan fingerprint density at radius 3 is 1.04 bits per heavy atom. The number of carbonyl (C=O) groups excluding carboxylic acids is 2. The molecule has 0 bridgehead atoms. The summed E-state index contributed by atoms with van der Waals surface area (Å²) in [5, 5.41) is 17.9. The van der Waals surface area contributed by atoms with Crippen LogP contribution in [0.5, 0.6) is 0 Å². The summed E-state index contributed by atoms with van der Waals surface area (Å²) < 4.78 is 85.3. The van der Waals surface area contributed by atoms with Crippen molar-refractivity contribution in [2.24, 2.45) is 11.8 Å². The van der Waals surface area contributed by atoms with Crippen LogP contribution < -0.4 is 29.6 Å². The topological polar surface area (TPSA) is 157 Å². The fourth-order valence-corrected chi connectivity index (χ4v) is 4.37. The van der Waals surface area contributed by atoms with Crippen LogP contribution in [0.1, 0.15) is 63.8 Å². The third-order valence-corrected chi connectivity index (χ3v) is 6.89. The Bertz CT molecular complexity index is 1270. The standard InChI is InChI=1S/C17H21F3O4.C13H13F3O4.Na.H2O/c1-5-23-14(21)13(15(22)24-6-2)16(3,4)11-7-9-12(10-8-11)17(18,19)20;1-12(2,9(10(17)18)11(19)20)7-3-5-8(6-4-7)13(14,15)16;;/h7-10,13H,5-6H2,1-4H3;3-6,9H,1-2H3,(H,17,18)(H,19,20);;1H2/q;;+1;/p-1. The summed E-state index contributed by atoms with van der Waals surface area (Å²) >= 11 is 0. The van der Waals surface area contributed by atoms with Crippen molar-refractivity contribution in [2.75, 3.05) is 13.2 Å². The van der Waals surface area contributed by atoms with E-state index >= 15 is 0 Å². The van der Waals surface area contributed by atoms with Gasteiger partial charge in [-0.1, -0.05) is 52.0 Å². The van der Waals surface area contributed by atoms with E-state index in [0.29, 0.717) is 5.56 Å². The van der Waals surface area contributed by atoms with E-state index in [1.807, 2.05) is 0 Å². The molecule has 16 heteroatoms. The summed E-state index contributed by atoms with van der Waals surface area (Å²) in [7, 11) is 0. The quantitative estimate of drug-likeness (QED) is 0.167. The van der Waals surface area contributed by atoms with Crippen LogP contribution in [0.25, 0.3) is 0 Å². The number of aliphatic carboxylic acids is 2. The predicted octanol–water partition coefficient (Wildman–Crippen LogP) is 3.32. The number of halogens is 6. The molecule has 0 unspecified atom stereocenters. The van der Waals surface area contributed by atoms with Gasteiger partial charge in [-0.05, 0) is 49.2 Å². The SMILES string of the molecule is CC(C)(c1ccc(C(F)(F)F)cc1)C(C(=O)O)C(=O)O.CCOC(=O)C(C(=O)OCC)C(C)(C)c1ccc(C(F)(F)F)cc1.[Na+].[OH-]. The molecule has 46 heavy (non-hydrogen) atoms. The van der Waals surface area contributed by atoms with Crippen LogP contribution in [-0.4, -0.2) is 52.8 Å². The van der Waals surface area contributed by atoms with E-state index in [2.05, 4.69) is 0 Å². The van der Waals surface area contributed by atoms with Gasteiger partial charge in [0.1, 0.15) is 0 Å². The number of carboxylic acid groups (broad SMARTS) is 2. The molecule has 0 heterocycles. The van der Waals surface area contributed by atoms with E-state index < -0.39 is 70.0 Å². The smallest absolute Gasteiger partial charge is 0.870 e. The summed E-state index contributed by atoms with van der Waals surface area (Å²) in [6.45, 7) is 9.28. The molecule has 0 aliphatic carbocycles. The summed E-state index contributed by atoms with van der Waals surface area (Å²) in [6, 6.07) is 8.16. The first kappa shape index (κ1) is 45.0. The molecule has 0 saturated heterocycles. The van der Waals surface area contributed by atoms with E-state index in [-0.39, 0.29) is 53.8 Å². The zero-order valence-electron chi connectivity index (χ0n) is 26.2. The maximum Gasteiger partial charge on any atom is 1.00 e. The van der Waals surface area contributed by atoms with Crippen molar-refractivity contribution in [1.82, 2.24) is 0 Å². The van der Waals surface area contributed by atoms with Gasteiger partial charge in [-0.25, -0.2) is 0 Å². The Morgan fingerprint density at radius 1 is 0.587 bits per heavy atom. The number of esters is 2. The van der Waals surface area contributed by atoms with Crippen molar-refractivity contribution >= 4 is 23.9 Å². The van der Waals surface area contributed by atoms with Gasteiger partial charge in [0.25, 0.3) is 0 Å². The van der Waals surface area contributed by atoms with E-state index in [0.717, 1.165) is 36.4 Å². The molecule has 0 amide bonds. The van der Waals surface area contributed by atoms with Gasteiger partial charge in [0, 0.05) is 10.8 Å². The van der Waals surface area contributed by atoms with Crippen molar-refractivity contribution in [3.05, 3.63) is 70.8 Å². The molecular formula is C30H35F6NaO9. The molecule has 9 nitrogen and oxygen atoms in total.